The van der Waals surface area contributed by atoms with E-state index in [0.29, 0.717) is 17.0 Å². The third-order valence-electron chi connectivity index (χ3n) is 2.95. The summed E-state index contributed by atoms with van der Waals surface area (Å²) in [7, 11) is 0. The molecule has 1 heterocycles. The molecule has 0 aliphatic rings. The normalized spacial score (nSPS) is 10.4. The zero-order valence-corrected chi connectivity index (χ0v) is 11.3. The molecule has 0 atom stereocenters. The van der Waals surface area contributed by atoms with Crippen molar-refractivity contribution in [2.75, 3.05) is 5.32 Å². The number of amides is 1. The first kappa shape index (κ1) is 14.6. The molecule has 0 saturated heterocycles. The summed E-state index contributed by atoms with van der Waals surface area (Å²) in [5, 5.41) is 16.8. The van der Waals surface area contributed by atoms with Gasteiger partial charge in [0.2, 0.25) is 11.7 Å². The fourth-order valence-electron chi connectivity index (χ4n) is 1.85. The molecule has 2 rings (SSSR count). The first-order chi connectivity index (χ1) is 9.88. The first-order valence-corrected chi connectivity index (χ1v) is 6.04. The molecule has 0 bridgehead atoms. The third kappa shape index (κ3) is 3.22. The SMILES string of the molecule is Cc1noc(C)c1CC(=O)Nc1ccc(F)c([N+](=O)[O-])c1. The van der Waals surface area contributed by atoms with Crippen molar-refractivity contribution in [3.63, 3.8) is 0 Å². The summed E-state index contributed by atoms with van der Waals surface area (Å²) in [6, 6.07) is 3.16. The highest BCUT2D eigenvalue weighted by Crippen LogP contribution is 2.22. The lowest BCUT2D eigenvalue weighted by Crippen LogP contribution is -2.15. The van der Waals surface area contributed by atoms with Gasteiger partial charge in [-0.2, -0.15) is 4.39 Å². The standard InChI is InChI=1S/C13H12FN3O4/c1-7-10(8(2)21-16-7)6-13(18)15-9-3-4-11(14)12(5-9)17(19)20/h3-5H,6H2,1-2H3,(H,15,18). The maximum Gasteiger partial charge on any atom is 0.306 e. The largest absolute Gasteiger partial charge is 0.361 e. The number of hydrogen-bond acceptors (Lipinski definition) is 5. The van der Waals surface area contributed by atoms with Crippen LogP contribution in [0.2, 0.25) is 0 Å². The minimum atomic E-state index is -0.955. The van der Waals surface area contributed by atoms with E-state index in [1.807, 2.05) is 0 Å². The number of aryl methyl sites for hydroxylation is 2. The van der Waals surface area contributed by atoms with E-state index in [0.717, 1.165) is 12.1 Å². The quantitative estimate of drug-likeness (QED) is 0.689. The topological polar surface area (TPSA) is 98.3 Å². The molecule has 1 aromatic heterocycles. The predicted molar refractivity (Wildman–Crippen MR) is 71.4 cm³/mol. The van der Waals surface area contributed by atoms with Crippen molar-refractivity contribution in [2.24, 2.45) is 0 Å². The average Bonchev–Trinajstić information content (AvgIpc) is 2.72. The summed E-state index contributed by atoms with van der Waals surface area (Å²) >= 11 is 0. The predicted octanol–water partition coefficient (Wildman–Crippen LogP) is 2.52. The molecule has 8 heteroatoms. The van der Waals surface area contributed by atoms with Crippen molar-refractivity contribution in [1.29, 1.82) is 0 Å². The van der Waals surface area contributed by atoms with Gasteiger partial charge in [-0.25, -0.2) is 0 Å². The second kappa shape index (κ2) is 5.70. The maximum atomic E-state index is 13.2. The molecule has 0 aliphatic heterocycles. The highest BCUT2D eigenvalue weighted by Gasteiger charge is 2.17. The van der Waals surface area contributed by atoms with Gasteiger partial charge in [-0.15, -0.1) is 0 Å². The number of nitro groups is 1. The Morgan fingerprint density at radius 2 is 2.19 bits per heavy atom. The Balaban J connectivity index is 2.13. The van der Waals surface area contributed by atoms with E-state index in [1.54, 1.807) is 13.8 Å². The van der Waals surface area contributed by atoms with Crippen molar-refractivity contribution in [1.82, 2.24) is 5.16 Å². The molecule has 2 aromatic rings. The van der Waals surface area contributed by atoms with Gasteiger partial charge in [0.25, 0.3) is 0 Å². The average molecular weight is 293 g/mol. The van der Waals surface area contributed by atoms with Crippen LogP contribution in [0.4, 0.5) is 15.8 Å². The van der Waals surface area contributed by atoms with Crippen LogP contribution in [-0.2, 0) is 11.2 Å². The van der Waals surface area contributed by atoms with Gasteiger partial charge in [-0.3, -0.25) is 14.9 Å². The lowest BCUT2D eigenvalue weighted by Gasteiger charge is -2.05. The zero-order valence-electron chi connectivity index (χ0n) is 11.3. The Morgan fingerprint density at radius 3 is 2.76 bits per heavy atom. The van der Waals surface area contributed by atoms with Gasteiger partial charge in [0.05, 0.1) is 17.0 Å². The number of rotatable bonds is 4. The van der Waals surface area contributed by atoms with Crippen molar-refractivity contribution >= 4 is 17.3 Å². The van der Waals surface area contributed by atoms with E-state index in [9.17, 15) is 19.3 Å². The van der Waals surface area contributed by atoms with Crippen LogP contribution in [-0.4, -0.2) is 16.0 Å². The second-order valence-corrected chi connectivity index (χ2v) is 4.45. The zero-order chi connectivity index (χ0) is 15.6. The minimum Gasteiger partial charge on any atom is -0.361 e. The minimum absolute atomic E-state index is 0.0202. The molecule has 0 spiro atoms. The Morgan fingerprint density at radius 1 is 1.48 bits per heavy atom. The number of nitro benzene ring substituents is 1. The van der Waals surface area contributed by atoms with Gasteiger partial charge in [-0.1, -0.05) is 5.16 Å². The first-order valence-electron chi connectivity index (χ1n) is 6.04. The Kier molecular flexibility index (Phi) is 3.97. The highest BCUT2D eigenvalue weighted by atomic mass is 19.1. The molecule has 0 aliphatic carbocycles. The van der Waals surface area contributed by atoms with Crippen LogP contribution in [0, 0.1) is 29.8 Å². The maximum absolute atomic E-state index is 13.2. The van der Waals surface area contributed by atoms with Crippen LogP contribution in [0.15, 0.2) is 22.7 Å². The van der Waals surface area contributed by atoms with Crippen LogP contribution >= 0.6 is 0 Å². The summed E-state index contributed by atoms with van der Waals surface area (Å²) in [5.41, 5.74) is 0.724. The third-order valence-corrected chi connectivity index (χ3v) is 2.95. The summed E-state index contributed by atoms with van der Waals surface area (Å²) in [5.74, 6) is -0.818. The van der Waals surface area contributed by atoms with E-state index in [4.69, 9.17) is 4.52 Å². The van der Waals surface area contributed by atoms with E-state index in [1.165, 1.54) is 6.07 Å². The van der Waals surface area contributed by atoms with Gasteiger partial charge >= 0.3 is 5.69 Å². The lowest BCUT2D eigenvalue weighted by atomic mass is 10.1. The van der Waals surface area contributed by atoms with Crippen molar-refractivity contribution in [3.8, 4) is 0 Å². The fourth-order valence-corrected chi connectivity index (χ4v) is 1.85. The van der Waals surface area contributed by atoms with Gasteiger partial charge in [0.15, 0.2) is 0 Å². The van der Waals surface area contributed by atoms with E-state index >= 15 is 0 Å². The fraction of sp³-hybridized carbons (Fsp3) is 0.231. The lowest BCUT2D eigenvalue weighted by molar-refractivity contribution is -0.387. The van der Waals surface area contributed by atoms with Crippen LogP contribution < -0.4 is 5.32 Å². The number of aromatic nitrogens is 1. The van der Waals surface area contributed by atoms with Gasteiger partial charge in [-0.05, 0) is 26.0 Å². The molecule has 0 fully saturated rings. The Labute approximate surface area is 118 Å². The highest BCUT2D eigenvalue weighted by molar-refractivity contribution is 5.92. The summed E-state index contributed by atoms with van der Waals surface area (Å²) in [4.78, 5) is 21.7. The monoisotopic (exact) mass is 293 g/mol. The van der Waals surface area contributed by atoms with Crippen molar-refractivity contribution in [3.05, 3.63) is 51.1 Å². The summed E-state index contributed by atoms with van der Waals surface area (Å²) in [6.07, 6.45) is 0.0202. The summed E-state index contributed by atoms with van der Waals surface area (Å²) < 4.78 is 18.1. The van der Waals surface area contributed by atoms with Crippen LogP contribution in [0.25, 0.3) is 0 Å². The molecule has 1 N–H and O–H groups in total. The molecular weight excluding hydrogens is 281 g/mol. The number of hydrogen-bond donors (Lipinski definition) is 1. The summed E-state index contributed by atoms with van der Waals surface area (Å²) in [6.45, 7) is 3.40. The van der Waals surface area contributed by atoms with E-state index in [2.05, 4.69) is 10.5 Å². The molecule has 110 valence electrons. The smallest absolute Gasteiger partial charge is 0.306 e. The molecule has 0 saturated carbocycles. The molecule has 7 nitrogen and oxygen atoms in total. The van der Waals surface area contributed by atoms with Crippen LogP contribution in [0.3, 0.4) is 0 Å². The molecule has 0 radical (unpaired) electrons. The van der Waals surface area contributed by atoms with Crippen LogP contribution in [0.1, 0.15) is 17.0 Å². The molecular formula is C13H12FN3O4. The molecule has 1 aromatic carbocycles. The Hall–Kier alpha value is -2.77. The molecule has 21 heavy (non-hydrogen) atoms. The van der Waals surface area contributed by atoms with Gasteiger partial charge in [0.1, 0.15) is 5.76 Å². The number of halogens is 1. The van der Waals surface area contributed by atoms with E-state index < -0.39 is 22.3 Å². The molecule has 0 unspecified atom stereocenters. The van der Waals surface area contributed by atoms with Gasteiger partial charge < -0.3 is 9.84 Å². The number of nitrogens with zero attached hydrogens (tertiary/aromatic N) is 2. The number of carbonyl (C=O) groups excluding carboxylic acids is 1. The Bertz CT molecular complexity index is 692. The number of anilines is 1. The number of nitrogens with one attached hydrogen (secondary N) is 1. The van der Waals surface area contributed by atoms with E-state index in [-0.39, 0.29) is 12.1 Å². The number of carbonyl (C=O) groups is 1. The van der Waals surface area contributed by atoms with Crippen LogP contribution in [0.5, 0.6) is 0 Å². The molecule has 1 amide bonds. The van der Waals surface area contributed by atoms with Crippen molar-refractivity contribution in [2.45, 2.75) is 20.3 Å². The van der Waals surface area contributed by atoms with Crippen molar-refractivity contribution < 1.29 is 18.6 Å². The second-order valence-electron chi connectivity index (χ2n) is 4.45. The van der Waals surface area contributed by atoms with Gasteiger partial charge in [0, 0.05) is 17.3 Å². The number of benzene rings is 1.